The van der Waals surface area contributed by atoms with E-state index in [9.17, 15) is 28.1 Å². The zero-order chi connectivity index (χ0) is 18.1. The van der Waals surface area contributed by atoms with E-state index in [1.165, 1.54) is 20.2 Å². The summed E-state index contributed by atoms with van der Waals surface area (Å²) in [6.07, 6.45) is -3.17. The number of nitro groups is 1. The molecule has 0 aliphatic carbocycles. The van der Waals surface area contributed by atoms with Crippen LogP contribution in [0.3, 0.4) is 0 Å². The van der Waals surface area contributed by atoms with Gasteiger partial charge in [-0.05, 0) is 24.7 Å². The summed E-state index contributed by atoms with van der Waals surface area (Å²) >= 11 is 0. The van der Waals surface area contributed by atoms with Crippen molar-refractivity contribution in [3.05, 3.63) is 21.9 Å². The zero-order valence-electron chi connectivity index (χ0n) is 13.1. The fraction of sp³-hybridized carbons (Fsp3) is 0.692. The van der Waals surface area contributed by atoms with Gasteiger partial charge < -0.3 is 19.8 Å². The topological polar surface area (TPSA) is 90.5 Å². The first kappa shape index (κ1) is 18.2. The highest BCUT2D eigenvalue weighted by molar-refractivity contribution is 5.81. The molecule has 0 saturated carbocycles. The van der Waals surface area contributed by atoms with Crippen LogP contribution in [0.5, 0.6) is 0 Å². The van der Waals surface area contributed by atoms with E-state index in [0.717, 1.165) is 9.58 Å². The lowest BCUT2D eigenvalue weighted by molar-refractivity contribution is -0.390. The fourth-order valence-electron chi connectivity index (χ4n) is 2.79. The molecule has 24 heavy (non-hydrogen) atoms. The van der Waals surface area contributed by atoms with Crippen LogP contribution < -0.4 is 0 Å². The Morgan fingerprint density at radius 3 is 2.75 bits per heavy atom. The number of carbonyl (C=O) groups excluding carboxylic acids is 1. The average Bonchev–Trinajstić information content (AvgIpc) is 3.09. The minimum absolute atomic E-state index is 0.0223. The Hall–Kier alpha value is -2.17. The van der Waals surface area contributed by atoms with Gasteiger partial charge in [0.2, 0.25) is 0 Å². The van der Waals surface area contributed by atoms with Gasteiger partial charge in [-0.3, -0.25) is 4.79 Å². The number of hydrogen-bond donors (Lipinski definition) is 0. The van der Waals surface area contributed by atoms with Crippen LogP contribution in [0.4, 0.5) is 19.0 Å². The molecule has 8 nitrogen and oxygen atoms in total. The Kier molecular flexibility index (Phi) is 5.11. The van der Waals surface area contributed by atoms with Crippen LogP contribution in [0.25, 0.3) is 0 Å². The van der Waals surface area contributed by atoms with E-state index in [-0.39, 0.29) is 31.6 Å². The first-order chi connectivity index (χ1) is 11.2. The van der Waals surface area contributed by atoms with Crippen molar-refractivity contribution in [2.45, 2.75) is 38.0 Å². The number of aromatic nitrogens is 2. The Bertz CT molecular complexity index is 631. The molecule has 0 radical (unpaired) electrons. The third-order valence-corrected chi connectivity index (χ3v) is 3.90. The third kappa shape index (κ3) is 3.50. The molecule has 11 heteroatoms. The summed E-state index contributed by atoms with van der Waals surface area (Å²) in [7, 11) is 1.29. The lowest BCUT2D eigenvalue weighted by atomic mass is 10.2. The van der Waals surface area contributed by atoms with Gasteiger partial charge in [0.15, 0.2) is 6.04 Å². The van der Waals surface area contributed by atoms with E-state index in [1.807, 2.05) is 0 Å². The highest BCUT2D eigenvalue weighted by Gasteiger charge is 2.49. The minimum atomic E-state index is -4.52. The summed E-state index contributed by atoms with van der Waals surface area (Å²) in [5.41, 5.74) is 0.211. The third-order valence-electron chi connectivity index (χ3n) is 3.90. The lowest BCUT2D eigenvalue weighted by Crippen LogP contribution is -2.48. The molecule has 1 fully saturated rings. The van der Waals surface area contributed by atoms with Gasteiger partial charge in [-0.15, -0.1) is 0 Å². The first-order valence-corrected chi connectivity index (χ1v) is 7.23. The summed E-state index contributed by atoms with van der Waals surface area (Å²) in [5.74, 6) is -1.26. The lowest BCUT2D eigenvalue weighted by Gasteiger charge is -2.29. The van der Waals surface area contributed by atoms with E-state index in [4.69, 9.17) is 4.74 Å². The summed E-state index contributed by atoms with van der Waals surface area (Å²) in [6.45, 7) is 1.17. The zero-order valence-corrected chi connectivity index (χ0v) is 13.1. The van der Waals surface area contributed by atoms with Gasteiger partial charge in [-0.2, -0.15) is 17.9 Å². The van der Waals surface area contributed by atoms with Crippen LogP contribution in [0, 0.1) is 17.0 Å². The van der Waals surface area contributed by atoms with Crippen molar-refractivity contribution < 1.29 is 27.6 Å². The first-order valence-electron chi connectivity index (χ1n) is 7.23. The van der Waals surface area contributed by atoms with E-state index in [1.54, 1.807) is 0 Å². The van der Waals surface area contributed by atoms with Gasteiger partial charge in [0.1, 0.15) is 6.04 Å². The summed E-state index contributed by atoms with van der Waals surface area (Å²) in [6, 6.07) is -3.04. The average molecular weight is 350 g/mol. The van der Waals surface area contributed by atoms with Gasteiger partial charge >= 0.3 is 12.0 Å². The number of alkyl halides is 3. The SMILES string of the molecule is COCC(C(=O)N1CCC[C@@H]1C(F)(F)F)n1cc(C)c([N+](=O)[O-])n1. The molecule has 2 rings (SSSR count). The fourth-order valence-corrected chi connectivity index (χ4v) is 2.79. The number of halogens is 3. The molecule has 0 bridgehead atoms. The highest BCUT2D eigenvalue weighted by Crippen LogP contribution is 2.34. The van der Waals surface area contributed by atoms with E-state index in [2.05, 4.69) is 5.10 Å². The molecule has 1 amide bonds. The van der Waals surface area contributed by atoms with Crippen molar-refractivity contribution in [1.29, 1.82) is 0 Å². The van der Waals surface area contributed by atoms with Crippen molar-refractivity contribution in [3.8, 4) is 0 Å². The normalized spacial score (nSPS) is 19.5. The van der Waals surface area contributed by atoms with Crippen LogP contribution in [0.1, 0.15) is 24.4 Å². The summed E-state index contributed by atoms with van der Waals surface area (Å²) in [4.78, 5) is 23.5. The quantitative estimate of drug-likeness (QED) is 0.597. The molecule has 1 unspecified atom stereocenters. The second kappa shape index (κ2) is 6.75. The van der Waals surface area contributed by atoms with Crippen LogP contribution in [-0.2, 0) is 9.53 Å². The second-order valence-electron chi connectivity index (χ2n) is 5.58. The van der Waals surface area contributed by atoms with Crippen LogP contribution in [0.15, 0.2) is 6.20 Å². The molecular weight excluding hydrogens is 333 g/mol. The largest absolute Gasteiger partial charge is 0.408 e. The van der Waals surface area contributed by atoms with Gasteiger partial charge in [0.05, 0.1) is 23.5 Å². The standard InChI is InChI=1S/C13H17F3N4O4/c1-8-6-19(17-11(8)20(22)23)9(7-24-2)12(21)18-5-3-4-10(18)13(14,15)16/h6,9-10H,3-5,7H2,1-2H3/t9?,10-/m1/s1. The molecule has 2 heterocycles. The molecule has 1 aromatic heterocycles. The molecule has 1 saturated heterocycles. The highest BCUT2D eigenvalue weighted by atomic mass is 19.4. The molecule has 1 aliphatic rings. The van der Waals surface area contributed by atoms with Crippen LogP contribution in [-0.4, -0.2) is 58.0 Å². The number of likely N-dealkylation sites (tertiary alicyclic amines) is 1. The van der Waals surface area contributed by atoms with Crippen molar-refractivity contribution in [3.63, 3.8) is 0 Å². The van der Waals surface area contributed by atoms with Crippen molar-refractivity contribution in [1.82, 2.24) is 14.7 Å². The second-order valence-corrected chi connectivity index (χ2v) is 5.58. The summed E-state index contributed by atoms with van der Waals surface area (Å²) < 4.78 is 45.1. The Morgan fingerprint density at radius 1 is 1.58 bits per heavy atom. The molecule has 2 atom stereocenters. The molecule has 0 spiro atoms. The Labute approximate surface area is 135 Å². The predicted molar refractivity (Wildman–Crippen MR) is 75.3 cm³/mol. The molecule has 1 aliphatic heterocycles. The van der Waals surface area contributed by atoms with Crippen molar-refractivity contribution >= 4 is 11.7 Å². The Balaban J connectivity index is 2.31. The molecule has 134 valence electrons. The summed E-state index contributed by atoms with van der Waals surface area (Å²) in [5, 5.41) is 14.6. The van der Waals surface area contributed by atoms with Crippen LogP contribution >= 0.6 is 0 Å². The number of ether oxygens (including phenoxy) is 1. The maximum absolute atomic E-state index is 13.1. The van der Waals surface area contributed by atoms with Gasteiger partial charge in [-0.25, -0.2) is 0 Å². The van der Waals surface area contributed by atoms with Gasteiger partial charge in [0.25, 0.3) is 5.91 Å². The number of rotatable bonds is 5. The molecule has 0 N–H and O–H groups in total. The van der Waals surface area contributed by atoms with E-state index < -0.39 is 34.9 Å². The van der Waals surface area contributed by atoms with Crippen molar-refractivity contribution in [2.75, 3.05) is 20.3 Å². The number of amides is 1. The van der Waals surface area contributed by atoms with Crippen molar-refractivity contribution in [2.24, 2.45) is 0 Å². The van der Waals surface area contributed by atoms with Gasteiger partial charge in [0, 0.05) is 13.7 Å². The van der Waals surface area contributed by atoms with Crippen LogP contribution in [0.2, 0.25) is 0 Å². The number of aryl methyl sites for hydroxylation is 1. The van der Waals surface area contributed by atoms with Gasteiger partial charge in [-0.1, -0.05) is 0 Å². The number of nitrogens with zero attached hydrogens (tertiary/aromatic N) is 4. The smallest absolute Gasteiger partial charge is 0.382 e. The predicted octanol–water partition coefficient (Wildman–Crippen LogP) is 1.84. The number of carbonyl (C=O) groups is 1. The Morgan fingerprint density at radius 2 is 2.25 bits per heavy atom. The maximum Gasteiger partial charge on any atom is 0.408 e. The number of methoxy groups -OCH3 is 1. The molecular formula is C13H17F3N4O4. The molecule has 1 aromatic rings. The minimum Gasteiger partial charge on any atom is -0.382 e. The monoisotopic (exact) mass is 350 g/mol. The van der Waals surface area contributed by atoms with E-state index in [0.29, 0.717) is 0 Å². The molecule has 0 aromatic carbocycles. The maximum atomic E-state index is 13.1. The van der Waals surface area contributed by atoms with E-state index >= 15 is 0 Å². The number of hydrogen-bond acceptors (Lipinski definition) is 5.